The molecule has 1 heterocycles. The number of amides is 2. The molecule has 0 aliphatic rings. The summed E-state index contributed by atoms with van der Waals surface area (Å²) in [6.45, 7) is 5.41. The molecule has 2 amide bonds. The van der Waals surface area contributed by atoms with Crippen LogP contribution in [0.2, 0.25) is 0 Å². The van der Waals surface area contributed by atoms with Gasteiger partial charge in [-0.05, 0) is 30.5 Å². The van der Waals surface area contributed by atoms with Crippen LogP contribution in [0.3, 0.4) is 0 Å². The summed E-state index contributed by atoms with van der Waals surface area (Å²) in [6.07, 6.45) is 6.75. The predicted molar refractivity (Wildman–Crippen MR) is 80.9 cm³/mol. The highest BCUT2D eigenvalue weighted by Crippen LogP contribution is 2.22. The van der Waals surface area contributed by atoms with Crippen molar-refractivity contribution >= 4 is 29.0 Å². The van der Waals surface area contributed by atoms with E-state index in [1.807, 2.05) is 6.92 Å². The Hall–Kier alpha value is -2.34. The van der Waals surface area contributed by atoms with E-state index in [1.165, 1.54) is 18.4 Å². The molecule has 0 aliphatic carbocycles. The first-order valence-corrected chi connectivity index (χ1v) is 6.69. The second-order valence-electron chi connectivity index (χ2n) is 3.59. The lowest BCUT2D eigenvalue weighted by Gasteiger charge is -2.08. The van der Waals surface area contributed by atoms with Gasteiger partial charge < -0.3 is 15.4 Å². The van der Waals surface area contributed by atoms with E-state index in [2.05, 4.69) is 21.9 Å². The van der Waals surface area contributed by atoms with Crippen molar-refractivity contribution in [2.75, 3.05) is 12.4 Å². The zero-order chi connectivity index (χ0) is 15.0. The van der Waals surface area contributed by atoms with Gasteiger partial charge >= 0.3 is 12.0 Å². The molecule has 0 bridgehead atoms. The van der Waals surface area contributed by atoms with Crippen molar-refractivity contribution in [3.63, 3.8) is 0 Å². The van der Waals surface area contributed by atoms with E-state index in [0.717, 1.165) is 0 Å². The normalized spacial score (nSPS) is 11.2. The molecule has 6 heteroatoms. The molecule has 0 radical (unpaired) electrons. The number of urea groups is 1. The van der Waals surface area contributed by atoms with Gasteiger partial charge in [-0.25, -0.2) is 9.59 Å². The average molecular weight is 292 g/mol. The van der Waals surface area contributed by atoms with Crippen molar-refractivity contribution in [1.29, 1.82) is 0 Å². The Labute approximate surface area is 121 Å². The average Bonchev–Trinajstić information content (AvgIpc) is 2.86. The maximum atomic E-state index is 11.9. The molecule has 0 aliphatic heterocycles. The lowest BCUT2D eigenvalue weighted by atomic mass is 10.3. The standard InChI is InChI=1S/C14H16N2O3S/c1-4-6-10(7-5-2)15-14(18)16-11-8-9-20-12(11)13(17)19-3/h4-9H,1H2,2-3H3,(H2,15,16,18)/b7-5-,10-6+. The van der Waals surface area contributed by atoms with Gasteiger partial charge in [0.1, 0.15) is 4.88 Å². The molecular formula is C14H16N2O3S. The highest BCUT2D eigenvalue weighted by molar-refractivity contribution is 7.12. The summed E-state index contributed by atoms with van der Waals surface area (Å²) < 4.78 is 4.64. The van der Waals surface area contributed by atoms with Gasteiger partial charge in [-0.1, -0.05) is 18.7 Å². The first kappa shape index (κ1) is 15.7. The molecule has 1 rings (SSSR count). The van der Waals surface area contributed by atoms with Crippen LogP contribution in [0.15, 0.2) is 48.0 Å². The van der Waals surface area contributed by atoms with Crippen LogP contribution in [0.25, 0.3) is 0 Å². The van der Waals surface area contributed by atoms with E-state index < -0.39 is 12.0 Å². The van der Waals surface area contributed by atoms with Crippen LogP contribution in [-0.2, 0) is 4.74 Å². The van der Waals surface area contributed by atoms with E-state index >= 15 is 0 Å². The minimum absolute atomic E-state index is 0.350. The first-order chi connectivity index (χ1) is 9.62. The largest absolute Gasteiger partial charge is 0.465 e. The minimum atomic E-state index is -0.481. The number of allylic oxidation sites excluding steroid dienone is 4. The summed E-state index contributed by atoms with van der Waals surface area (Å²) in [7, 11) is 1.29. The van der Waals surface area contributed by atoms with Crippen LogP contribution in [0, 0.1) is 0 Å². The van der Waals surface area contributed by atoms with Crippen LogP contribution in [-0.4, -0.2) is 19.1 Å². The number of esters is 1. The van der Waals surface area contributed by atoms with Crippen molar-refractivity contribution < 1.29 is 14.3 Å². The van der Waals surface area contributed by atoms with E-state index in [1.54, 1.807) is 35.8 Å². The Morgan fingerprint density at radius 2 is 2.20 bits per heavy atom. The van der Waals surface area contributed by atoms with Gasteiger partial charge in [-0.2, -0.15) is 0 Å². The third-order valence-corrected chi connectivity index (χ3v) is 3.08. The molecule has 5 nitrogen and oxygen atoms in total. The molecule has 0 fully saturated rings. The lowest BCUT2D eigenvalue weighted by molar-refractivity contribution is 0.0607. The molecule has 1 aromatic rings. The molecule has 20 heavy (non-hydrogen) atoms. The Bertz CT molecular complexity index is 559. The molecule has 0 aromatic carbocycles. The van der Waals surface area contributed by atoms with Gasteiger partial charge in [-0.15, -0.1) is 11.3 Å². The fraction of sp³-hybridized carbons (Fsp3) is 0.143. The van der Waals surface area contributed by atoms with Crippen LogP contribution >= 0.6 is 11.3 Å². The number of methoxy groups -OCH3 is 1. The second-order valence-corrected chi connectivity index (χ2v) is 4.51. The van der Waals surface area contributed by atoms with E-state index in [0.29, 0.717) is 16.3 Å². The summed E-state index contributed by atoms with van der Waals surface area (Å²) in [5.41, 5.74) is 1.01. The van der Waals surface area contributed by atoms with Crippen molar-refractivity contribution in [1.82, 2.24) is 5.32 Å². The maximum Gasteiger partial charge on any atom is 0.350 e. The van der Waals surface area contributed by atoms with Crippen molar-refractivity contribution in [3.8, 4) is 0 Å². The lowest BCUT2D eigenvalue weighted by Crippen LogP contribution is -2.27. The van der Waals surface area contributed by atoms with E-state index in [4.69, 9.17) is 0 Å². The Morgan fingerprint density at radius 3 is 2.80 bits per heavy atom. The molecule has 0 unspecified atom stereocenters. The van der Waals surface area contributed by atoms with Gasteiger partial charge in [0.15, 0.2) is 0 Å². The van der Waals surface area contributed by atoms with Crippen molar-refractivity contribution in [2.24, 2.45) is 0 Å². The number of hydrogen-bond donors (Lipinski definition) is 2. The number of nitrogens with one attached hydrogen (secondary N) is 2. The number of hydrogen-bond acceptors (Lipinski definition) is 4. The Kier molecular flexibility index (Phi) is 6.25. The number of ether oxygens (including phenoxy) is 1. The molecule has 2 N–H and O–H groups in total. The summed E-state index contributed by atoms with van der Waals surface area (Å²) in [5.74, 6) is -0.481. The van der Waals surface area contributed by atoms with Gasteiger partial charge in [0.2, 0.25) is 0 Å². The Balaban J connectivity index is 2.76. The summed E-state index contributed by atoms with van der Waals surface area (Å²) in [5, 5.41) is 6.95. The molecule has 0 atom stereocenters. The number of thiophene rings is 1. The number of anilines is 1. The first-order valence-electron chi connectivity index (χ1n) is 5.81. The highest BCUT2D eigenvalue weighted by atomic mass is 32.1. The van der Waals surface area contributed by atoms with Crippen molar-refractivity contribution in [2.45, 2.75) is 6.92 Å². The quantitative estimate of drug-likeness (QED) is 0.646. The molecule has 0 saturated heterocycles. The van der Waals surface area contributed by atoms with Crippen molar-refractivity contribution in [3.05, 3.63) is 52.9 Å². The van der Waals surface area contributed by atoms with Gasteiger partial charge in [0.05, 0.1) is 12.8 Å². The molecule has 106 valence electrons. The van der Waals surface area contributed by atoms with Crippen LogP contribution in [0.1, 0.15) is 16.6 Å². The zero-order valence-electron chi connectivity index (χ0n) is 11.3. The molecule has 0 spiro atoms. The van der Waals surface area contributed by atoms with Gasteiger partial charge in [0, 0.05) is 5.70 Å². The third-order valence-electron chi connectivity index (χ3n) is 2.19. The summed E-state index contributed by atoms with van der Waals surface area (Å²) in [4.78, 5) is 23.7. The molecule has 1 aromatic heterocycles. The van der Waals surface area contributed by atoms with Crippen LogP contribution in [0.5, 0.6) is 0 Å². The highest BCUT2D eigenvalue weighted by Gasteiger charge is 2.15. The van der Waals surface area contributed by atoms with Gasteiger partial charge in [-0.3, -0.25) is 0 Å². The monoisotopic (exact) mass is 292 g/mol. The van der Waals surface area contributed by atoms with Crippen LogP contribution in [0.4, 0.5) is 10.5 Å². The SMILES string of the molecule is C=C/C=C(\C=C/C)NC(=O)Nc1ccsc1C(=O)OC. The zero-order valence-corrected chi connectivity index (χ0v) is 12.1. The topological polar surface area (TPSA) is 67.4 Å². The number of carbonyl (C=O) groups excluding carboxylic acids is 2. The third kappa shape index (κ3) is 4.40. The molecule has 0 saturated carbocycles. The maximum absolute atomic E-state index is 11.9. The minimum Gasteiger partial charge on any atom is -0.465 e. The molecular weight excluding hydrogens is 276 g/mol. The summed E-state index contributed by atoms with van der Waals surface area (Å²) in [6, 6.07) is 1.20. The fourth-order valence-electron chi connectivity index (χ4n) is 1.39. The predicted octanol–water partition coefficient (Wildman–Crippen LogP) is 3.30. The number of carbonyl (C=O) groups is 2. The smallest absolute Gasteiger partial charge is 0.350 e. The fourth-order valence-corrected chi connectivity index (χ4v) is 2.15. The van der Waals surface area contributed by atoms with E-state index in [9.17, 15) is 9.59 Å². The van der Waals surface area contributed by atoms with Gasteiger partial charge in [0.25, 0.3) is 0 Å². The second kappa shape index (κ2) is 7.96. The van der Waals surface area contributed by atoms with Crippen LogP contribution < -0.4 is 10.6 Å². The van der Waals surface area contributed by atoms with E-state index in [-0.39, 0.29) is 0 Å². The number of rotatable bonds is 5. The summed E-state index contributed by atoms with van der Waals surface area (Å²) >= 11 is 1.20. The Morgan fingerprint density at radius 1 is 1.45 bits per heavy atom.